The smallest absolute Gasteiger partial charge is 0.344 e. The zero-order chi connectivity index (χ0) is 20.1. The molecule has 0 N–H and O–H groups in total. The number of ketones is 1. The highest BCUT2D eigenvalue weighted by Crippen LogP contribution is 2.26. The van der Waals surface area contributed by atoms with Crippen LogP contribution in [0.2, 0.25) is 0 Å². The molecule has 0 bridgehead atoms. The van der Waals surface area contributed by atoms with Crippen molar-refractivity contribution < 1.29 is 19.1 Å². The fourth-order valence-corrected chi connectivity index (χ4v) is 3.53. The zero-order valence-corrected chi connectivity index (χ0v) is 16.1. The molecule has 0 unspecified atom stereocenters. The highest BCUT2D eigenvalue weighted by molar-refractivity contribution is 5.98. The lowest BCUT2D eigenvalue weighted by Crippen LogP contribution is -2.19. The van der Waals surface area contributed by atoms with Crippen LogP contribution >= 0.6 is 0 Å². The summed E-state index contributed by atoms with van der Waals surface area (Å²) in [7, 11) is 0. The molecule has 0 saturated heterocycles. The zero-order valence-electron chi connectivity index (χ0n) is 16.1. The molecule has 4 rings (SSSR count). The van der Waals surface area contributed by atoms with Crippen molar-refractivity contribution in [3.8, 4) is 16.9 Å². The highest BCUT2D eigenvalue weighted by atomic mass is 16.6. The Labute approximate surface area is 170 Å². The summed E-state index contributed by atoms with van der Waals surface area (Å²) in [6.45, 7) is -0.504. The Hall–Kier alpha value is -3.40. The number of carbonyl (C=O) groups is 2. The van der Waals surface area contributed by atoms with Crippen molar-refractivity contribution in [2.24, 2.45) is 0 Å². The van der Waals surface area contributed by atoms with E-state index >= 15 is 0 Å². The second-order valence-corrected chi connectivity index (χ2v) is 7.10. The first-order valence-corrected chi connectivity index (χ1v) is 9.78. The molecule has 29 heavy (non-hydrogen) atoms. The van der Waals surface area contributed by atoms with Gasteiger partial charge in [-0.2, -0.15) is 0 Å². The number of benzene rings is 3. The maximum atomic E-state index is 12.3. The number of Topliss-reactive ketones (excluding diaryl/α,β-unsaturated/α-hetero) is 1. The molecule has 4 heteroatoms. The van der Waals surface area contributed by atoms with Gasteiger partial charge in [0, 0.05) is 5.56 Å². The van der Waals surface area contributed by atoms with Gasteiger partial charge >= 0.3 is 5.97 Å². The SMILES string of the molecule is O=C(COc1ccc2c(c1)CCC2)OCC(=O)c1ccc(-c2ccccc2)cc1. The summed E-state index contributed by atoms with van der Waals surface area (Å²) >= 11 is 0. The van der Waals surface area contributed by atoms with Crippen molar-refractivity contribution in [1.82, 2.24) is 0 Å². The molecule has 0 heterocycles. The van der Waals surface area contributed by atoms with Gasteiger partial charge in [0.1, 0.15) is 5.75 Å². The summed E-state index contributed by atoms with van der Waals surface area (Å²) in [6.07, 6.45) is 3.32. The van der Waals surface area contributed by atoms with Crippen LogP contribution in [0.5, 0.6) is 5.75 Å². The largest absolute Gasteiger partial charge is 0.482 e. The molecule has 1 aliphatic carbocycles. The predicted molar refractivity (Wildman–Crippen MR) is 111 cm³/mol. The van der Waals surface area contributed by atoms with E-state index in [0.29, 0.717) is 11.3 Å². The van der Waals surface area contributed by atoms with Gasteiger partial charge in [-0.3, -0.25) is 4.79 Å². The Balaban J connectivity index is 1.26. The summed E-state index contributed by atoms with van der Waals surface area (Å²) in [4.78, 5) is 24.2. The van der Waals surface area contributed by atoms with Gasteiger partial charge in [0.2, 0.25) is 0 Å². The van der Waals surface area contributed by atoms with Crippen LogP contribution in [0.15, 0.2) is 72.8 Å². The molecule has 3 aromatic rings. The molecule has 0 aromatic heterocycles. The Bertz CT molecular complexity index is 1010. The van der Waals surface area contributed by atoms with Gasteiger partial charge in [0.05, 0.1) is 0 Å². The van der Waals surface area contributed by atoms with Crippen LogP contribution in [0.4, 0.5) is 0 Å². The van der Waals surface area contributed by atoms with E-state index in [1.165, 1.54) is 11.1 Å². The van der Waals surface area contributed by atoms with Crippen molar-refractivity contribution in [2.45, 2.75) is 19.3 Å². The molecule has 146 valence electrons. The Morgan fingerprint density at radius 2 is 1.48 bits per heavy atom. The fourth-order valence-electron chi connectivity index (χ4n) is 3.53. The van der Waals surface area contributed by atoms with Crippen LogP contribution in [0.25, 0.3) is 11.1 Å². The van der Waals surface area contributed by atoms with E-state index in [2.05, 4.69) is 0 Å². The molecule has 0 spiro atoms. The highest BCUT2D eigenvalue weighted by Gasteiger charge is 2.13. The number of esters is 1. The summed E-state index contributed by atoms with van der Waals surface area (Å²) in [6, 6.07) is 23.1. The van der Waals surface area contributed by atoms with Gasteiger partial charge in [-0.05, 0) is 53.6 Å². The lowest BCUT2D eigenvalue weighted by Gasteiger charge is -2.08. The summed E-state index contributed by atoms with van der Waals surface area (Å²) < 4.78 is 10.6. The van der Waals surface area contributed by atoms with Crippen molar-refractivity contribution in [3.63, 3.8) is 0 Å². The molecule has 0 radical (unpaired) electrons. The molecule has 4 nitrogen and oxygen atoms in total. The number of hydrogen-bond acceptors (Lipinski definition) is 4. The van der Waals surface area contributed by atoms with Crippen LogP contribution in [0.1, 0.15) is 27.9 Å². The molecule has 3 aromatic carbocycles. The monoisotopic (exact) mass is 386 g/mol. The predicted octanol–water partition coefficient (Wildman–Crippen LogP) is 4.65. The third kappa shape index (κ3) is 4.72. The third-order valence-electron chi connectivity index (χ3n) is 5.10. The standard InChI is InChI=1S/C25H22O4/c26-24(21-11-9-20(10-12-21)18-5-2-1-3-6-18)16-29-25(27)17-28-23-14-13-19-7-4-8-22(19)15-23/h1-3,5-6,9-15H,4,7-8,16-17H2. The number of aryl methyl sites for hydroxylation is 2. The fraction of sp³-hybridized carbons (Fsp3) is 0.200. The molecular formula is C25H22O4. The van der Waals surface area contributed by atoms with Crippen LogP contribution in [-0.4, -0.2) is 25.0 Å². The van der Waals surface area contributed by atoms with Gasteiger partial charge in [0.15, 0.2) is 19.0 Å². The van der Waals surface area contributed by atoms with E-state index in [1.54, 1.807) is 12.1 Å². The van der Waals surface area contributed by atoms with Crippen molar-refractivity contribution in [1.29, 1.82) is 0 Å². The van der Waals surface area contributed by atoms with E-state index in [-0.39, 0.29) is 19.0 Å². The van der Waals surface area contributed by atoms with Crippen molar-refractivity contribution >= 4 is 11.8 Å². The van der Waals surface area contributed by atoms with Gasteiger partial charge < -0.3 is 9.47 Å². The Kier molecular flexibility index (Phi) is 5.71. The first-order chi connectivity index (χ1) is 14.2. The van der Waals surface area contributed by atoms with Crippen LogP contribution < -0.4 is 4.74 Å². The average Bonchev–Trinajstić information content (AvgIpc) is 3.24. The van der Waals surface area contributed by atoms with Crippen molar-refractivity contribution in [3.05, 3.63) is 89.5 Å². The van der Waals surface area contributed by atoms with Crippen LogP contribution in [-0.2, 0) is 22.4 Å². The maximum absolute atomic E-state index is 12.3. The first-order valence-electron chi connectivity index (χ1n) is 9.78. The molecule has 0 aliphatic heterocycles. The topological polar surface area (TPSA) is 52.6 Å². The quantitative estimate of drug-likeness (QED) is 0.438. The van der Waals surface area contributed by atoms with Crippen LogP contribution in [0.3, 0.4) is 0 Å². The average molecular weight is 386 g/mol. The molecular weight excluding hydrogens is 364 g/mol. The Morgan fingerprint density at radius 3 is 2.28 bits per heavy atom. The van der Waals surface area contributed by atoms with Gasteiger partial charge in [-0.1, -0.05) is 60.7 Å². The first kappa shape index (κ1) is 18.9. The van der Waals surface area contributed by atoms with E-state index in [0.717, 1.165) is 30.4 Å². The maximum Gasteiger partial charge on any atom is 0.344 e. The number of fused-ring (bicyclic) bond motifs is 1. The van der Waals surface area contributed by atoms with Gasteiger partial charge in [-0.25, -0.2) is 4.79 Å². The van der Waals surface area contributed by atoms with E-state index < -0.39 is 5.97 Å². The Morgan fingerprint density at radius 1 is 0.759 bits per heavy atom. The summed E-state index contributed by atoms with van der Waals surface area (Å²) in [5, 5.41) is 0. The lowest BCUT2D eigenvalue weighted by molar-refractivity contribution is -0.144. The van der Waals surface area contributed by atoms with E-state index in [1.807, 2.05) is 60.7 Å². The molecule has 0 fully saturated rings. The normalized spacial score (nSPS) is 12.3. The lowest BCUT2D eigenvalue weighted by atomic mass is 10.0. The minimum Gasteiger partial charge on any atom is -0.482 e. The summed E-state index contributed by atoms with van der Waals surface area (Å²) in [5.74, 6) is -0.138. The molecule has 0 saturated carbocycles. The number of hydrogen-bond donors (Lipinski definition) is 0. The number of carbonyl (C=O) groups excluding carboxylic acids is 2. The third-order valence-corrected chi connectivity index (χ3v) is 5.10. The molecule has 1 aliphatic rings. The minimum absolute atomic E-state index is 0.209. The summed E-state index contributed by atoms with van der Waals surface area (Å²) in [5.41, 5.74) is 5.26. The number of rotatable bonds is 7. The minimum atomic E-state index is -0.556. The molecule has 0 amide bonds. The van der Waals surface area contributed by atoms with Crippen molar-refractivity contribution in [2.75, 3.05) is 13.2 Å². The van der Waals surface area contributed by atoms with Gasteiger partial charge in [-0.15, -0.1) is 0 Å². The number of ether oxygens (including phenoxy) is 2. The van der Waals surface area contributed by atoms with Crippen LogP contribution in [0, 0.1) is 0 Å². The van der Waals surface area contributed by atoms with Gasteiger partial charge in [0.25, 0.3) is 0 Å². The second kappa shape index (κ2) is 8.74. The molecule has 0 atom stereocenters. The van der Waals surface area contributed by atoms with E-state index in [9.17, 15) is 9.59 Å². The van der Waals surface area contributed by atoms with E-state index in [4.69, 9.17) is 9.47 Å². The second-order valence-electron chi connectivity index (χ2n) is 7.10.